The lowest BCUT2D eigenvalue weighted by molar-refractivity contribution is 0.0926. The molecule has 23 heavy (non-hydrogen) atoms. The van der Waals surface area contributed by atoms with Gasteiger partial charge in [0, 0.05) is 19.1 Å². The lowest BCUT2D eigenvalue weighted by Crippen LogP contribution is -2.40. The SMILES string of the molecule is CC(CN(C)Cc1ccccc1)NC(=O)c1cccc(N)n1.Cl. The molecule has 0 radical (unpaired) electrons. The number of hydrogen-bond acceptors (Lipinski definition) is 4. The number of pyridine rings is 1. The summed E-state index contributed by atoms with van der Waals surface area (Å²) in [5, 5.41) is 2.94. The van der Waals surface area contributed by atoms with Gasteiger partial charge in [-0.3, -0.25) is 4.79 Å². The first kappa shape index (κ1) is 18.9. The summed E-state index contributed by atoms with van der Waals surface area (Å²) >= 11 is 0. The number of nitrogen functional groups attached to an aromatic ring is 1. The molecule has 2 aromatic rings. The van der Waals surface area contributed by atoms with Crippen molar-refractivity contribution in [2.24, 2.45) is 0 Å². The van der Waals surface area contributed by atoms with Crippen LogP contribution in [0.5, 0.6) is 0 Å². The third-order valence-electron chi connectivity index (χ3n) is 3.26. The Hall–Kier alpha value is -2.11. The molecule has 0 saturated heterocycles. The molecule has 124 valence electrons. The van der Waals surface area contributed by atoms with Crippen LogP contribution >= 0.6 is 12.4 Å². The highest BCUT2D eigenvalue weighted by Gasteiger charge is 2.13. The standard InChI is InChI=1S/C17H22N4O.ClH/c1-13(11-21(2)12-14-7-4-3-5-8-14)19-17(22)15-9-6-10-16(18)20-15;/h3-10,13H,11-12H2,1-2H3,(H2,18,20)(H,19,22);1H. The first-order valence-corrected chi connectivity index (χ1v) is 7.30. The lowest BCUT2D eigenvalue weighted by atomic mass is 10.2. The summed E-state index contributed by atoms with van der Waals surface area (Å²) in [6, 6.07) is 15.3. The molecule has 0 bridgehead atoms. The Morgan fingerprint density at radius 3 is 2.57 bits per heavy atom. The number of carbonyl (C=O) groups excluding carboxylic acids is 1. The van der Waals surface area contributed by atoms with E-state index >= 15 is 0 Å². The fourth-order valence-electron chi connectivity index (χ4n) is 2.35. The van der Waals surface area contributed by atoms with Crippen LogP contribution in [0.2, 0.25) is 0 Å². The second kappa shape index (κ2) is 9.12. The van der Waals surface area contributed by atoms with E-state index in [-0.39, 0.29) is 24.4 Å². The molecule has 0 fully saturated rings. The second-order valence-electron chi connectivity index (χ2n) is 5.50. The summed E-state index contributed by atoms with van der Waals surface area (Å²) in [6.07, 6.45) is 0. The van der Waals surface area contributed by atoms with E-state index in [1.54, 1.807) is 18.2 Å². The number of anilines is 1. The number of carbonyl (C=O) groups is 1. The van der Waals surface area contributed by atoms with Crippen molar-refractivity contribution in [3.8, 4) is 0 Å². The van der Waals surface area contributed by atoms with Gasteiger partial charge in [0.25, 0.3) is 5.91 Å². The number of halogens is 1. The molecule has 3 N–H and O–H groups in total. The molecule has 1 atom stereocenters. The number of rotatable bonds is 6. The predicted octanol–water partition coefficient (Wildman–Crippen LogP) is 2.34. The summed E-state index contributed by atoms with van der Waals surface area (Å²) in [4.78, 5) is 18.3. The highest BCUT2D eigenvalue weighted by molar-refractivity contribution is 5.92. The molecule has 1 amide bonds. The number of aromatic nitrogens is 1. The normalized spacial score (nSPS) is 11.6. The van der Waals surface area contributed by atoms with E-state index in [2.05, 4.69) is 27.3 Å². The van der Waals surface area contributed by atoms with Crippen LogP contribution in [0, 0.1) is 0 Å². The van der Waals surface area contributed by atoms with Crippen molar-refractivity contribution in [2.75, 3.05) is 19.3 Å². The topological polar surface area (TPSA) is 71.2 Å². The van der Waals surface area contributed by atoms with Crippen molar-refractivity contribution >= 4 is 24.1 Å². The molecule has 0 saturated carbocycles. The molecule has 5 nitrogen and oxygen atoms in total. The van der Waals surface area contributed by atoms with Gasteiger partial charge < -0.3 is 16.0 Å². The van der Waals surface area contributed by atoms with Crippen LogP contribution in [0.3, 0.4) is 0 Å². The number of likely N-dealkylation sites (N-methyl/N-ethyl adjacent to an activating group) is 1. The monoisotopic (exact) mass is 334 g/mol. The Kier molecular flexibility index (Phi) is 7.51. The molecule has 1 unspecified atom stereocenters. The van der Waals surface area contributed by atoms with Gasteiger partial charge in [0.15, 0.2) is 0 Å². The van der Waals surface area contributed by atoms with E-state index in [0.717, 1.165) is 13.1 Å². The number of amides is 1. The van der Waals surface area contributed by atoms with Crippen LogP contribution < -0.4 is 11.1 Å². The minimum Gasteiger partial charge on any atom is -0.384 e. The van der Waals surface area contributed by atoms with Gasteiger partial charge in [0.1, 0.15) is 11.5 Å². The maximum atomic E-state index is 12.1. The number of nitrogens with zero attached hydrogens (tertiary/aromatic N) is 2. The van der Waals surface area contributed by atoms with Gasteiger partial charge in [-0.2, -0.15) is 0 Å². The summed E-state index contributed by atoms with van der Waals surface area (Å²) < 4.78 is 0. The first-order valence-electron chi connectivity index (χ1n) is 7.30. The van der Waals surface area contributed by atoms with Crippen LogP contribution in [0.25, 0.3) is 0 Å². The maximum absolute atomic E-state index is 12.1. The molecule has 1 aromatic carbocycles. The zero-order valence-corrected chi connectivity index (χ0v) is 14.2. The largest absolute Gasteiger partial charge is 0.384 e. The van der Waals surface area contributed by atoms with Gasteiger partial charge in [-0.25, -0.2) is 4.98 Å². The van der Waals surface area contributed by atoms with Crippen molar-refractivity contribution < 1.29 is 4.79 Å². The molecule has 0 aliphatic rings. The van der Waals surface area contributed by atoms with Crippen molar-refractivity contribution in [1.82, 2.24) is 15.2 Å². The van der Waals surface area contributed by atoms with Gasteiger partial charge >= 0.3 is 0 Å². The van der Waals surface area contributed by atoms with Crippen LogP contribution in [-0.2, 0) is 6.54 Å². The summed E-state index contributed by atoms with van der Waals surface area (Å²) in [5.74, 6) is 0.148. The molecule has 6 heteroatoms. The highest BCUT2D eigenvalue weighted by atomic mass is 35.5. The average molecular weight is 335 g/mol. The van der Waals surface area contributed by atoms with Gasteiger partial charge in [0.05, 0.1) is 0 Å². The van der Waals surface area contributed by atoms with Crippen LogP contribution in [0.4, 0.5) is 5.82 Å². The van der Waals surface area contributed by atoms with Crippen LogP contribution in [-0.4, -0.2) is 35.4 Å². The Morgan fingerprint density at radius 1 is 1.22 bits per heavy atom. The predicted molar refractivity (Wildman–Crippen MR) is 95.6 cm³/mol. The third-order valence-corrected chi connectivity index (χ3v) is 3.26. The number of hydrogen-bond donors (Lipinski definition) is 2. The summed E-state index contributed by atoms with van der Waals surface area (Å²) in [5.41, 5.74) is 7.19. The maximum Gasteiger partial charge on any atom is 0.270 e. The zero-order valence-electron chi connectivity index (χ0n) is 13.4. The van der Waals surface area contributed by atoms with Gasteiger partial charge in [-0.05, 0) is 31.7 Å². The van der Waals surface area contributed by atoms with Crippen LogP contribution in [0.1, 0.15) is 23.0 Å². The molecule has 1 heterocycles. The molecule has 2 rings (SSSR count). The quantitative estimate of drug-likeness (QED) is 0.850. The van der Waals surface area contributed by atoms with Crippen LogP contribution in [0.15, 0.2) is 48.5 Å². The Morgan fingerprint density at radius 2 is 1.91 bits per heavy atom. The van der Waals surface area contributed by atoms with E-state index in [4.69, 9.17) is 5.73 Å². The van der Waals surface area contributed by atoms with Gasteiger partial charge in [-0.15, -0.1) is 12.4 Å². The van der Waals surface area contributed by atoms with E-state index in [1.807, 2.05) is 32.2 Å². The molecule has 0 spiro atoms. The average Bonchev–Trinajstić information content (AvgIpc) is 2.47. The fourth-order valence-corrected chi connectivity index (χ4v) is 2.35. The van der Waals surface area contributed by atoms with Crippen molar-refractivity contribution in [2.45, 2.75) is 19.5 Å². The Balaban J connectivity index is 0.00000264. The number of benzene rings is 1. The Bertz CT molecular complexity index is 621. The first-order chi connectivity index (χ1) is 10.5. The summed E-state index contributed by atoms with van der Waals surface area (Å²) in [6.45, 7) is 3.58. The van der Waals surface area contributed by atoms with E-state index in [1.165, 1.54) is 5.56 Å². The molecule has 0 aliphatic carbocycles. The lowest BCUT2D eigenvalue weighted by Gasteiger charge is -2.22. The van der Waals surface area contributed by atoms with Crippen molar-refractivity contribution in [1.29, 1.82) is 0 Å². The fraction of sp³-hybridized carbons (Fsp3) is 0.294. The molecule has 0 aliphatic heterocycles. The zero-order chi connectivity index (χ0) is 15.9. The van der Waals surface area contributed by atoms with Crippen molar-refractivity contribution in [3.63, 3.8) is 0 Å². The Labute approximate surface area is 143 Å². The third kappa shape index (κ3) is 6.26. The number of nitrogens with one attached hydrogen (secondary N) is 1. The van der Waals surface area contributed by atoms with Gasteiger partial charge in [-0.1, -0.05) is 36.4 Å². The molecule has 1 aromatic heterocycles. The minimum absolute atomic E-state index is 0. The van der Waals surface area contributed by atoms with E-state index in [9.17, 15) is 4.79 Å². The van der Waals surface area contributed by atoms with E-state index in [0.29, 0.717) is 11.5 Å². The van der Waals surface area contributed by atoms with Crippen molar-refractivity contribution in [3.05, 3.63) is 59.8 Å². The highest BCUT2D eigenvalue weighted by Crippen LogP contribution is 2.04. The molecular formula is C17H23ClN4O. The van der Waals surface area contributed by atoms with E-state index < -0.39 is 0 Å². The second-order valence-corrected chi connectivity index (χ2v) is 5.50. The smallest absolute Gasteiger partial charge is 0.270 e. The minimum atomic E-state index is -0.201. The summed E-state index contributed by atoms with van der Waals surface area (Å²) in [7, 11) is 2.04. The molecular weight excluding hydrogens is 312 g/mol. The number of nitrogens with two attached hydrogens (primary N) is 1. The van der Waals surface area contributed by atoms with Gasteiger partial charge in [0.2, 0.25) is 0 Å².